The molecule has 1 aliphatic rings. The van der Waals surface area contributed by atoms with Gasteiger partial charge in [-0.3, -0.25) is 4.90 Å². The molecule has 0 radical (unpaired) electrons. The summed E-state index contributed by atoms with van der Waals surface area (Å²) >= 11 is 0. The summed E-state index contributed by atoms with van der Waals surface area (Å²) in [4.78, 5) is 4.93. The van der Waals surface area contributed by atoms with Crippen molar-refractivity contribution in [2.24, 2.45) is 0 Å². The summed E-state index contributed by atoms with van der Waals surface area (Å²) in [7, 11) is 3.95. The van der Waals surface area contributed by atoms with E-state index in [0.29, 0.717) is 0 Å². The number of piperazine rings is 1. The monoisotopic (exact) mass is 248 g/mol. The summed E-state index contributed by atoms with van der Waals surface area (Å²) in [6.07, 6.45) is 1.01. The van der Waals surface area contributed by atoms with Crippen molar-refractivity contribution in [2.75, 3.05) is 46.9 Å². The van der Waals surface area contributed by atoms with Gasteiger partial charge >= 0.3 is 0 Å². The first kappa shape index (κ1) is 13.5. The molecule has 1 saturated heterocycles. The molecule has 2 rings (SSSR count). The number of hydrogen-bond donors (Lipinski definition) is 0. The Hall–Kier alpha value is -0.900. The van der Waals surface area contributed by atoms with Crippen molar-refractivity contribution in [1.82, 2.24) is 9.80 Å². The Kier molecular flexibility index (Phi) is 5.17. The molecule has 0 N–H and O–H groups in total. The first-order chi connectivity index (χ1) is 8.78. The molecule has 18 heavy (non-hydrogen) atoms. The molecule has 3 heteroatoms. The minimum atomic E-state index is 0.803. The Morgan fingerprint density at radius 1 is 1.00 bits per heavy atom. The lowest BCUT2D eigenvalue weighted by molar-refractivity contribution is 0.148. The van der Waals surface area contributed by atoms with Gasteiger partial charge in [-0.2, -0.15) is 0 Å². The van der Waals surface area contributed by atoms with E-state index in [0.717, 1.165) is 19.6 Å². The maximum absolute atomic E-state index is 5.09. The van der Waals surface area contributed by atoms with Crippen LogP contribution in [-0.4, -0.2) is 56.7 Å². The maximum atomic E-state index is 5.09. The van der Waals surface area contributed by atoms with E-state index in [1.165, 1.54) is 37.3 Å². The van der Waals surface area contributed by atoms with Crippen molar-refractivity contribution in [1.29, 1.82) is 0 Å². The van der Waals surface area contributed by atoms with Gasteiger partial charge in [0, 0.05) is 39.8 Å². The number of ether oxygens (including phenoxy) is 1. The lowest BCUT2D eigenvalue weighted by Gasteiger charge is -2.32. The Bertz CT molecular complexity index is 342. The van der Waals surface area contributed by atoms with Gasteiger partial charge in [-0.1, -0.05) is 24.3 Å². The summed E-state index contributed by atoms with van der Waals surface area (Å²) in [5.41, 5.74) is 2.78. The first-order valence-corrected chi connectivity index (χ1v) is 6.75. The molecule has 0 aromatic heterocycles. The standard InChI is InChI=1S/C15H24N2O/c1-16-8-10-17(11-9-16)13-15-5-3-14(4-6-15)7-12-18-2/h3-6H,7-13H2,1-2H3. The lowest BCUT2D eigenvalue weighted by Crippen LogP contribution is -2.43. The van der Waals surface area contributed by atoms with Gasteiger partial charge < -0.3 is 9.64 Å². The molecule has 0 bridgehead atoms. The van der Waals surface area contributed by atoms with Gasteiger partial charge in [0.25, 0.3) is 0 Å². The molecule has 0 spiro atoms. The van der Waals surface area contributed by atoms with Gasteiger partial charge in [0.15, 0.2) is 0 Å². The van der Waals surface area contributed by atoms with Crippen molar-refractivity contribution in [3.05, 3.63) is 35.4 Å². The number of benzene rings is 1. The third kappa shape index (κ3) is 4.09. The Morgan fingerprint density at radius 3 is 2.22 bits per heavy atom. The molecule has 3 nitrogen and oxygen atoms in total. The van der Waals surface area contributed by atoms with E-state index in [4.69, 9.17) is 4.74 Å². The van der Waals surface area contributed by atoms with E-state index in [9.17, 15) is 0 Å². The molecule has 0 atom stereocenters. The van der Waals surface area contributed by atoms with Crippen LogP contribution in [0.5, 0.6) is 0 Å². The average molecular weight is 248 g/mol. The van der Waals surface area contributed by atoms with Gasteiger partial charge in [-0.05, 0) is 24.6 Å². The van der Waals surface area contributed by atoms with E-state index in [2.05, 4.69) is 41.1 Å². The van der Waals surface area contributed by atoms with E-state index in [-0.39, 0.29) is 0 Å². The van der Waals surface area contributed by atoms with Crippen LogP contribution in [-0.2, 0) is 17.7 Å². The zero-order chi connectivity index (χ0) is 12.8. The summed E-state index contributed by atoms with van der Waals surface area (Å²) < 4.78 is 5.09. The second kappa shape index (κ2) is 6.88. The Labute approximate surface area is 110 Å². The van der Waals surface area contributed by atoms with Crippen LogP contribution in [0.15, 0.2) is 24.3 Å². The summed E-state index contributed by atoms with van der Waals surface area (Å²) in [6.45, 7) is 6.62. The van der Waals surface area contributed by atoms with E-state index >= 15 is 0 Å². The molecule has 1 aromatic rings. The van der Waals surface area contributed by atoms with Crippen LogP contribution in [0.2, 0.25) is 0 Å². The van der Waals surface area contributed by atoms with Gasteiger partial charge in [0.05, 0.1) is 6.61 Å². The van der Waals surface area contributed by atoms with Crippen LogP contribution in [0.1, 0.15) is 11.1 Å². The fourth-order valence-electron chi connectivity index (χ4n) is 2.30. The highest BCUT2D eigenvalue weighted by Crippen LogP contribution is 2.10. The molecule has 0 unspecified atom stereocenters. The molecule has 1 fully saturated rings. The molecule has 1 heterocycles. The van der Waals surface area contributed by atoms with Gasteiger partial charge in [0.2, 0.25) is 0 Å². The lowest BCUT2D eigenvalue weighted by atomic mass is 10.1. The predicted octanol–water partition coefficient (Wildman–Crippen LogP) is 1.62. The maximum Gasteiger partial charge on any atom is 0.0502 e. The van der Waals surface area contributed by atoms with Crippen molar-refractivity contribution in [3.63, 3.8) is 0 Å². The fraction of sp³-hybridized carbons (Fsp3) is 0.600. The number of likely N-dealkylation sites (N-methyl/N-ethyl adjacent to an activating group) is 1. The van der Waals surface area contributed by atoms with E-state index in [1.807, 2.05) is 0 Å². The number of hydrogen-bond acceptors (Lipinski definition) is 3. The quantitative estimate of drug-likeness (QED) is 0.787. The van der Waals surface area contributed by atoms with Crippen LogP contribution in [0.4, 0.5) is 0 Å². The third-order valence-electron chi connectivity index (χ3n) is 3.62. The van der Waals surface area contributed by atoms with Crippen molar-refractivity contribution < 1.29 is 4.74 Å². The largest absolute Gasteiger partial charge is 0.384 e. The van der Waals surface area contributed by atoms with Gasteiger partial charge in [0.1, 0.15) is 0 Å². The minimum absolute atomic E-state index is 0.803. The van der Waals surface area contributed by atoms with Crippen LogP contribution in [0.3, 0.4) is 0 Å². The first-order valence-electron chi connectivity index (χ1n) is 6.75. The molecule has 0 amide bonds. The van der Waals surface area contributed by atoms with E-state index < -0.39 is 0 Å². The molecule has 1 aliphatic heterocycles. The molecular weight excluding hydrogens is 224 g/mol. The second-order valence-electron chi connectivity index (χ2n) is 5.14. The van der Waals surface area contributed by atoms with Gasteiger partial charge in [-0.25, -0.2) is 0 Å². The summed E-state index contributed by atoms with van der Waals surface area (Å²) in [6, 6.07) is 8.96. The van der Waals surface area contributed by atoms with Crippen molar-refractivity contribution in [2.45, 2.75) is 13.0 Å². The third-order valence-corrected chi connectivity index (χ3v) is 3.62. The zero-order valence-corrected chi connectivity index (χ0v) is 11.6. The zero-order valence-electron chi connectivity index (χ0n) is 11.6. The fourth-order valence-corrected chi connectivity index (χ4v) is 2.30. The Morgan fingerprint density at radius 2 is 1.61 bits per heavy atom. The molecule has 0 aliphatic carbocycles. The smallest absolute Gasteiger partial charge is 0.0502 e. The van der Waals surface area contributed by atoms with Crippen LogP contribution in [0.25, 0.3) is 0 Å². The highest BCUT2D eigenvalue weighted by molar-refractivity contribution is 5.22. The number of nitrogens with zero attached hydrogens (tertiary/aromatic N) is 2. The van der Waals surface area contributed by atoms with E-state index in [1.54, 1.807) is 7.11 Å². The topological polar surface area (TPSA) is 15.7 Å². The number of rotatable bonds is 5. The normalized spacial score (nSPS) is 18.1. The molecule has 1 aromatic carbocycles. The highest BCUT2D eigenvalue weighted by Gasteiger charge is 2.13. The summed E-state index contributed by atoms with van der Waals surface area (Å²) in [5, 5.41) is 0. The number of methoxy groups -OCH3 is 1. The van der Waals surface area contributed by atoms with Gasteiger partial charge in [-0.15, -0.1) is 0 Å². The molecule has 0 saturated carbocycles. The second-order valence-corrected chi connectivity index (χ2v) is 5.14. The summed E-state index contributed by atoms with van der Waals surface area (Å²) in [5.74, 6) is 0. The predicted molar refractivity (Wildman–Crippen MR) is 74.8 cm³/mol. The Balaban J connectivity index is 1.82. The van der Waals surface area contributed by atoms with Crippen LogP contribution < -0.4 is 0 Å². The average Bonchev–Trinajstić information content (AvgIpc) is 2.41. The highest BCUT2D eigenvalue weighted by atomic mass is 16.5. The van der Waals surface area contributed by atoms with Crippen LogP contribution >= 0.6 is 0 Å². The van der Waals surface area contributed by atoms with Crippen LogP contribution in [0, 0.1) is 0 Å². The van der Waals surface area contributed by atoms with Crippen molar-refractivity contribution in [3.8, 4) is 0 Å². The molecule has 100 valence electrons. The minimum Gasteiger partial charge on any atom is -0.384 e. The molecular formula is C15H24N2O. The van der Waals surface area contributed by atoms with Crippen molar-refractivity contribution >= 4 is 0 Å². The SMILES string of the molecule is COCCc1ccc(CN2CCN(C)CC2)cc1.